The largest absolute Gasteiger partial charge is 0.383 e. The molecule has 5 nitrogen and oxygen atoms in total. The second-order valence-corrected chi connectivity index (χ2v) is 7.33. The lowest BCUT2D eigenvalue weighted by atomic mass is 9.97. The maximum Gasteiger partial charge on any atom is 0.317 e. The molecule has 0 spiro atoms. The van der Waals surface area contributed by atoms with Gasteiger partial charge in [-0.15, -0.1) is 11.3 Å². The molecule has 3 aromatic rings. The summed E-state index contributed by atoms with van der Waals surface area (Å²) in [5.41, 5.74) is 6.60. The van der Waals surface area contributed by atoms with Gasteiger partial charge in [-0.2, -0.15) is 14.0 Å². The number of alkyl halides is 2. The monoisotopic (exact) mass is 401 g/mol. The van der Waals surface area contributed by atoms with E-state index in [1.54, 1.807) is 30.3 Å². The van der Waals surface area contributed by atoms with Gasteiger partial charge in [0.1, 0.15) is 17.9 Å². The molecule has 0 radical (unpaired) electrons. The first-order valence-electron chi connectivity index (χ1n) is 7.73. The lowest BCUT2D eigenvalue weighted by Gasteiger charge is -2.28. The van der Waals surface area contributed by atoms with Crippen LogP contribution in [0.4, 0.5) is 8.78 Å². The van der Waals surface area contributed by atoms with Gasteiger partial charge in [0, 0.05) is 11.1 Å². The van der Waals surface area contributed by atoms with E-state index in [1.165, 1.54) is 6.20 Å². The number of amidine groups is 1. The second-order valence-electron chi connectivity index (χ2n) is 5.84. The van der Waals surface area contributed by atoms with E-state index in [9.17, 15) is 0 Å². The van der Waals surface area contributed by atoms with Gasteiger partial charge >= 0.3 is 5.92 Å². The van der Waals surface area contributed by atoms with E-state index >= 15 is 8.78 Å². The summed E-state index contributed by atoms with van der Waals surface area (Å²) in [5, 5.41) is 9.21. The minimum Gasteiger partial charge on any atom is -0.383 e. The van der Waals surface area contributed by atoms with Crippen LogP contribution in [0.1, 0.15) is 27.7 Å². The molecule has 1 atom stereocenters. The van der Waals surface area contributed by atoms with Crippen molar-refractivity contribution >= 4 is 28.8 Å². The van der Waals surface area contributed by atoms with E-state index in [0.717, 1.165) is 17.7 Å². The van der Waals surface area contributed by atoms with Gasteiger partial charge in [0.05, 0.1) is 27.1 Å². The Bertz CT molecular complexity index is 1120. The third-order valence-corrected chi connectivity index (χ3v) is 5.81. The molecule has 9 heteroatoms. The normalized spacial score (nSPS) is 17.7. The summed E-state index contributed by atoms with van der Waals surface area (Å²) in [5.74, 6) is -3.44. The molecule has 4 rings (SSSR count). The smallest absolute Gasteiger partial charge is 0.317 e. The Morgan fingerprint density at radius 2 is 2.11 bits per heavy atom. The van der Waals surface area contributed by atoms with Gasteiger partial charge in [-0.05, 0) is 23.8 Å². The van der Waals surface area contributed by atoms with Gasteiger partial charge in [-0.3, -0.25) is 4.99 Å². The average molecular weight is 402 g/mol. The summed E-state index contributed by atoms with van der Waals surface area (Å²) in [7, 11) is 0. The van der Waals surface area contributed by atoms with Gasteiger partial charge in [-0.25, -0.2) is 9.97 Å². The van der Waals surface area contributed by atoms with E-state index in [1.807, 2.05) is 0 Å². The molecule has 2 N–H and O–H groups in total. The molecule has 1 aliphatic heterocycles. The Kier molecular flexibility index (Phi) is 4.13. The fourth-order valence-corrected chi connectivity index (χ4v) is 4.40. The van der Waals surface area contributed by atoms with Gasteiger partial charge in [0.2, 0.25) is 0 Å². The Balaban J connectivity index is 1.82. The SMILES string of the molecule is N#Cc1cccc(-c2cc(Cl)c(C3N=C(N)c4cncnc4C3(F)F)s2)c1. The Labute approximate surface area is 161 Å². The summed E-state index contributed by atoms with van der Waals surface area (Å²) < 4.78 is 30.2. The van der Waals surface area contributed by atoms with Gasteiger partial charge in [-0.1, -0.05) is 23.7 Å². The van der Waals surface area contributed by atoms with Crippen LogP contribution in [0.15, 0.2) is 47.8 Å². The average Bonchev–Trinajstić information content (AvgIpc) is 3.06. The van der Waals surface area contributed by atoms with Crippen molar-refractivity contribution < 1.29 is 8.78 Å². The van der Waals surface area contributed by atoms with Crippen LogP contribution >= 0.6 is 22.9 Å². The van der Waals surface area contributed by atoms with Crippen molar-refractivity contribution in [2.24, 2.45) is 10.7 Å². The maximum absolute atomic E-state index is 15.1. The third-order valence-electron chi connectivity index (χ3n) is 4.15. The highest BCUT2D eigenvalue weighted by molar-refractivity contribution is 7.16. The summed E-state index contributed by atoms with van der Waals surface area (Å²) in [4.78, 5) is 12.3. The van der Waals surface area contributed by atoms with Crippen LogP contribution in [0, 0.1) is 11.3 Å². The first kappa shape index (κ1) is 17.5. The van der Waals surface area contributed by atoms with Crippen molar-refractivity contribution in [2.45, 2.75) is 12.0 Å². The van der Waals surface area contributed by atoms with Crippen molar-refractivity contribution in [1.82, 2.24) is 9.97 Å². The van der Waals surface area contributed by atoms with Gasteiger partial charge in [0.25, 0.3) is 0 Å². The second kappa shape index (κ2) is 6.37. The van der Waals surface area contributed by atoms with Crippen LogP contribution in [0.25, 0.3) is 10.4 Å². The fourth-order valence-electron chi connectivity index (χ4n) is 2.88. The molecule has 2 aromatic heterocycles. The first-order valence-corrected chi connectivity index (χ1v) is 8.93. The zero-order valence-corrected chi connectivity index (χ0v) is 15.1. The number of fused-ring (bicyclic) bond motifs is 1. The highest BCUT2D eigenvalue weighted by atomic mass is 35.5. The topological polar surface area (TPSA) is 88.0 Å². The number of nitrogens with zero attached hydrogens (tertiary/aromatic N) is 4. The lowest BCUT2D eigenvalue weighted by Crippen LogP contribution is -2.34. The maximum atomic E-state index is 15.1. The van der Waals surface area contributed by atoms with Crippen molar-refractivity contribution in [1.29, 1.82) is 5.26 Å². The zero-order chi connectivity index (χ0) is 19.2. The minimum absolute atomic E-state index is 0.0216. The molecule has 27 heavy (non-hydrogen) atoms. The quantitative estimate of drug-likeness (QED) is 0.694. The number of aliphatic imine (C=N–C) groups is 1. The van der Waals surface area contributed by atoms with Crippen LogP contribution in [0.2, 0.25) is 5.02 Å². The number of benzene rings is 1. The lowest BCUT2D eigenvalue weighted by molar-refractivity contribution is -0.0370. The van der Waals surface area contributed by atoms with Crippen LogP contribution in [-0.2, 0) is 5.92 Å². The fraction of sp³-hybridized carbons (Fsp3) is 0.111. The first-order chi connectivity index (χ1) is 12.9. The molecule has 0 saturated carbocycles. The Morgan fingerprint density at radius 1 is 1.30 bits per heavy atom. The summed E-state index contributed by atoms with van der Waals surface area (Å²) in [6.45, 7) is 0. The molecule has 1 unspecified atom stereocenters. The molecular weight excluding hydrogens is 392 g/mol. The standard InChI is InChI=1S/C18H10ClF2N5S/c19-12-5-13(10-3-1-2-9(4-10)6-22)27-14(12)16-18(20,21)15-11(17(23)26-16)7-24-8-25-15/h1-5,7-8,16H,(H2,23,26). The van der Waals surface area contributed by atoms with Crippen LogP contribution in [-0.4, -0.2) is 15.8 Å². The molecule has 1 aliphatic rings. The van der Waals surface area contributed by atoms with Crippen LogP contribution in [0.5, 0.6) is 0 Å². The predicted octanol–water partition coefficient (Wildman–Crippen LogP) is 4.28. The molecule has 0 aliphatic carbocycles. The number of thiophene rings is 1. The highest BCUT2D eigenvalue weighted by Crippen LogP contribution is 2.51. The van der Waals surface area contributed by atoms with Crippen molar-refractivity contribution in [3.8, 4) is 16.5 Å². The Morgan fingerprint density at radius 3 is 2.89 bits per heavy atom. The van der Waals surface area contributed by atoms with Crippen molar-refractivity contribution in [3.05, 3.63) is 69.6 Å². The molecular formula is C18H10ClF2N5S. The number of nitriles is 1. The predicted molar refractivity (Wildman–Crippen MR) is 98.9 cm³/mol. The highest BCUT2D eigenvalue weighted by Gasteiger charge is 2.50. The molecule has 0 fully saturated rings. The number of nitrogens with two attached hydrogens (primary N) is 1. The zero-order valence-electron chi connectivity index (χ0n) is 13.5. The Hall–Kier alpha value is -2.89. The van der Waals surface area contributed by atoms with Crippen molar-refractivity contribution in [3.63, 3.8) is 0 Å². The van der Waals surface area contributed by atoms with E-state index in [4.69, 9.17) is 22.6 Å². The van der Waals surface area contributed by atoms with Gasteiger partial charge in [0.15, 0.2) is 6.04 Å². The van der Waals surface area contributed by atoms with Crippen LogP contribution in [0.3, 0.4) is 0 Å². The number of rotatable bonds is 2. The number of hydrogen-bond donors (Lipinski definition) is 1. The van der Waals surface area contributed by atoms with E-state index in [0.29, 0.717) is 16.0 Å². The summed E-state index contributed by atoms with van der Waals surface area (Å²) in [6, 6.07) is 8.91. The molecule has 3 heterocycles. The molecule has 134 valence electrons. The number of hydrogen-bond acceptors (Lipinski definition) is 6. The van der Waals surface area contributed by atoms with Gasteiger partial charge < -0.3 is 5.73 Å². The molecule has 0 amide bonds. The molecule has 0 bridgehead atoms. The van der Waals surface area contributed by atoms with E-state index < -0.39 is 17.7 Å². The molecule has 1 aromatic carbocycles. The number of aromatic nitrogens is 2. The summed E-state index contributed by atoms with van der Waals surface area (Å²) in [6.07, 6.45) is 2.28. The van der Waals surface area contributed by atoms with E-state index in [2.05, 4.69) is 21.0 Å². The molecule has 0 saturated heterocycles. The van der Waals surface area contributed by atoms with E-state index in [-0.39, 0.29) is 21.3 Å². The third kappa shape index (κ3) is 2.85. The van der Waals surface area contributed by atoms with Crippen LogP contribution < -0.4 is 5.73 Å². The number of halogens is 3. The minimum atomic E-state index is -3.39. The van der Waals surface area contributed by atoms with Crippen molar-refractivity contribution in [2.75, 3.05) is 0 Å². The summed E-state index contributed by atoms with van der Waals surface area (Å²) >= 11 is 7.36.